The molecule has 3 aromatic carbocycles. The van der Waals surface area contributed by atoms with Gasteiger partial charge in [-0.1, -0.05) is 53.3 Å². The number of nitro groups is 1. The summed E-state index contributed by atoms with van der Waals surface area (Å²) < 4.78 is 18.1. The Hall–Kier alpha value is -4.59. The molecule has 1 aromatic heterocycles. The van der Waals surface area contributed by atoms with Gasteiger partial charge >= 0.3 is 17.6 Å². The molecule has 1 aliphatic rings. The fourth-order valence-electron chi connectivity index (χ4n) is 5.00. The number of hydrogen-bond acceptors (Lipinski definition) is 10. The smallest absolute Gasteiger partial charge is 0.338 e. The summed E-state index contributed by atoms with van der Waals surface area (Å²) in [5, 5.41) is 12.5. The van der Waals surface area contributed by atoms with Gasteiger partial charge in [0.15, 0.2) is 4.80 Å². The Morgan fingerprint density at radius 1 is 1.09 bits per heavy atom. The van der Waals surface area contributed by atoms with E-state index < -0.39 is 28.5 Å². The van der Waals surface area contributed by atoms with Crippen molar-refractivity contribution in [2.75, 3.05) is 13.2 Å². The van der Waals surface area contributed by atoms with E-state index in [4.69, 9.17) is 25.8 Å². The highest BCUT2D eigenvalue weighted by molar-refractivity contribution is 9.10. The van der Waals surface area contributed by atoms with Crippen LogP contribution >= 0.6 is 38.9 Å². The molecule has 242 valence electrons. The monoisotopic (exact) mass is 739 g/mol. The molecule has 0 fully saturated rings. The Balaban J connectivity index is 1.53. The number of fused-ring (bicyclic) bond motifs is 1. The van der Waals surface area contributed by atoms with Crippen molar-refractivity contribution < 1.29 is 28.7 Å². The van der Waals surface area contributed by atoms with Gasteiger partial charge in [0.25, 0.3) is 5.56 Å². The number of nitro benzene ring substituents is 1. The molecule has 14 heteroatoms. The lowest BCUT2D eigenvalue weighted by atomic mass is 9.96. The summed E-state index contributed by atoms with van der Waals surface area (Å²) in [6.07, 6.45) is 1.52. The lowest BCUT2D eigenvalue weighted by Gasteiger charge is -2.25. The molecule has 0 saturated carbocycles. The molecule has 2 heterocycles. The molecule has 5 rings (SSSR count). The summed E-state index contributed by atoms with van der Waals surface area (Å²) >= 11 is 11.0. The van der Waals surface area contributed by atoms with Crippen LogP contribution in [-0.2, 0) is 20.9 Å². The normalized spacial score (nSPS) is 14.3. The highest BCUT2D eigenvalue weighted by atomic mass is 79.9. The van der Waals surface area contributed by atoms with Crippen molar-refractivity contribution in [3.05, 3.63) is 133 Å². The zero-order chi connectivity index (χ0) is 33.8. The van der Waals surface area contributed by atoms with E-state index in [1.54, 1.807) is 75.4 Å². The number of nitrogens with zero attached hydrogens (tertiary/aromatic N) is 3. The molecular formula is C33H27BrClN3O8S. The van der Waals surface area contributed by atoms with Gasteiger partial charge in [-0.2, -0.15) is 0 Å². The standard InChI is InChI=1S/C33H27BrClN3O8S/c1-4-44-31(40)21-12-10-19(11-13-21)17-46-29-23(34)14-20(15-25(29)38(42)43)16-26-30(39)37-28(22-8-6-7-9-24(22)35)27(32(41)45-5-2)18(3)36-33(37)47-26/h6-16,28H,4-5,17H2,1-3H3/b26-16-/t28-/m0/s1. The van der Waals surface area contributed by atoms with Gasteiger partial charge in [0.2, 0.25) is 5.75 Å². The molecule has 47 heavy (non-hydrogen) atoms. The summed E-state index contributed by atoms with van der Waals surface area (Å²) in [6.45, 7) is 5.45. The second-order valence-electron chi connectivity index (χ2n) is 10.1. The quantitative estimate of drug-likeness (QED) is 0.112. The zero-order valence-corrected chi connectivity index (χ0v) is 28.5. The number of allylic oxidation sites excluding steroid dienone is 1. The number of aromatic nitrogens is 1. The van der Waals surface area contributed by atoms with E-state index in [2.05, 4.69) is 20.9 Å². The zero-order valence-electron chi connectivity index (χ0n) is 25.3. The van der Waals surface area contributed by atoms with Crippen molar-refractivity contribution >= 4 is 62.6 Å². The number of carbonyl (C=O) groups is 2. The van der Waals surface area contributed by atoms with Gasteiger partial charge in [-0.25, -0.2) is 14.6 Å². The number of benzene rings is 3. The molecule has 0 amide bonds. The first-order chi connectivity index (χ1) is 22.5. The van der Waals surface area contributed by atoms with E-state index in [0.717, 1.165) is 11.3 Å². The number of carbonyl (C=O) groups excluding carboxylic acids is 2. The van der Waals surface area contributed by atoms with E-state index in [1.165, 1.54) is 16.7 Å². The Kier molecular flexibility index (Phi) is 10.4. The molecule has 0 saturated heterocycles. The van der Waals surface area contributed by atoms with E-state index >= 15 is 0 Å². The van der Waals surface area contributed by atoms with Gasteiger partial charge < -0.3 is 14.2 Å². The lowest BCUT2D eigenvalue weighted by molar-refractivity contribution is -0.386. The van der Waals surface area contributed by atoms with Crippen LogP contribution in [-0.4, -0.2) is 34.6 Å². The third kappa shape index (κ3) is 7.07. The van der Waals surface area contributed by atoms with Crippen molar-refractivity contribution in [3.63, 3.8) is 0 Å². The van der Waals surface area contributed by atoms with Crippen LogP contribution in [0.4, 0.5) is 5.69 Å². The Bertz CT molecular complexity index is 2110. The fourth-order valence-corrected chi connectivity index (χ4v) is 6.87. The highest BCUT2D eigenvalue weighted by Crippen LogP contribution is 2.38. The summed E-state index contributed by atoms with van der Waals surface area (Å²) in [6, 6.07) is 15.4. The molecule has 0 bridgehead atoms. The largest absolute Gasteiger partial charge is 0.481 e. The summed E-state index contributed by atoms with van der Waals surface area (Å²) in [4.78, 5) is 55.4. The topological polar surface area (TPSA) is 139 Å². The molecule has 1 atom stereocenters. The molecule has 11 nitrogen and oxygen atoms in total. The van der Waals surface area contributed by atoms with Gasteiger partial charge in [0.05, 0.1) is 44.0 Å². The number of halogens is 2. The molecule has 0 spiro atoms. The Labute approximate surface area is 285 Å². The molecule has 0 unspecified atom stereocenters. The number of esters is 2. The Morgan fingerprint density at radius 3 is 2.43 bits per heavy atom. The van der Waals surface area contributed by atoms with Crippen LogP contribution in [0.25, 0.3) is 6.08 Å². The summed E-state index contributed by atoms with van der Waals surface area (Å²) in [5.41, 5.74) is 1.73. The summed E-state index contributed by atoms with van der Waals surface area (Å²) in [7, 11) is 0. The van der Waals surface area contributed by atoms with Crippen LogP contribution in [0.1, 0.15) is 53.9 Å². The van der Waals surface area contributed by atoms with E-state index in [0.29, 0.717) is 42.2 Å². The van der Waals surface area contributed by atoms with Crippen LogP contribution in [0, 0.1) is 10.1 Å². The SMILES string of the molecule is CCOC(=O)C1=C(C)N=c2s/c(=C\c3cc(Br)c(OCc4ccc(C(=O)OCC)cc4)c([N+](=O)[O-])c3)c(=O)n2[C@H]1c1ccccc1Cl. The third-order valence-electron chi connectivity index (χ3n) is 7.11. The molecule has 0 N–H and O–H groups in total. The first-order valence-corrected chi connectivity index (χ1v) is 16.3. The highest BCUT2D eigenvalue weighted by Gasteiger charge is 2.34. The van der Waals surface area contributed by atoms with Crippen LogP contribution < -0.4 is 19.6 Å². The first kappa shape index (κ1) is 33.8. The van der Waals surface area contributed by atoms with Crippen LogP contribution in [0.2, 0.25) is 5.02 Å². The van der Waals surface area contributed by atoms with Crippen LogP contribution in [0.15, 0.2) is 86.2 Å². The lowest BCUT2D eigenvalue weighted by Crippen LogP contribution is -2.40. The predicted octanol–water partition coefficient (Wildman–Crippen LogP) is 5.88. The third-order valence-corrected chi connectivity index (χ3v) is 9.02. The maximum absolute atomic E-state index is 13.9. The number of rotatable bonds is 10. The van der Waals surface area contributed by atoms with E-state index in [-0.39, 0.29) is 41.4 Å². The molecule has 0 radical (unpaired) electrons. The second kappa shape index (κ2) is 14.4. The average molecular weight is 741 g/mol. The van der Waals surface area contributed by atoms with Crippen molar-refractivity contribution in [1.82, 2.24) is 4.57 Å². The minimum Gasteiger partial charge on any atom is -0.481 e. The van der Waals surface area contributed by atoms with Gasteiger partial charge in [0.1, 0.15) is 12.6 Å². The molecular weight excluding hydrogens is 714 g/mol. The van der Waals surface area contributed by atoms with Gasteiger partial charge in [-0.3, -0.25) is 19.5 Å². The molecule has 4 aromatic rings. The predicted molar refractivity (Wildman–Crippen MR) is 179 cm³/mol. The van der Waals surface area contributed by atoms with Crippen molar-refractivity contribution in [2.24, 2.45) is 4.99 Å². The van der Waals surface area contributed by atoms with Crippen LogP contribution in [0.3, 0.4) is 0 Å². The molecule has 1 aliphatic heterocycles. The van der Waals surface area contributed by atoms with Crippen LogP contribution in [0.5, 0.6) is 5.75 Å². The maximum atomic E-state index is 13.9. The maximum Gasteiger partial charge on any atom is 0.338 e. The van der Waals surface area contributed by atoms with Gasteiger partial charge in [-0.15, -0.1) is 0 Å². The van der Waals surface area contributed by atoms with Gasteiger partial charge in [0, 0.05) is 11.1 Å². The van der Waals surface area contributed by atoms with E-state index in [1.807, 2.05) is 0 Å². The van der Waals surface area contributed by atoms with Crippen molar-refractivity contribution in [2.45, 2.75) is 33.4 Å². The minimum atomic E-state index is -0.899. The summed E-state index contributed by atoms with van der Waals surface area (Å²) in [5.74, 6) is -1.06. The number of hydrogen-bond donors (Lipinski definition) is 0. The van der Waals surface area contributed by atoms with Crippen molar-refractivity contribution in [3.8, 4) is 5.75 Å². The first-order valence-electron chi connectivity index (χ1n) is 14.3. The number of thiazole rings is 1. The minimum absolute atomic E-state index is 0.00324. The van der Waals surface area contributed by atoms with Gasteiger partial charge in [-0.05, 0) is 83.7 Å². The van der Waals surface area contributed by atoms with Crippen molar-refractivity contribution in [1.29, 1.82) is 0 Å². The fraction of sp³-hybridized carbons (Fsp3) is 0.212. The second-order valence-corrected chi connectivity index (χ2v) is 12.4. The number of ether oxygens (including phenoxy) is 3. The average Bonchev–Trinajstić information content (AvgIpc) is 3.34. The van der Waals surface area contributed by atoms with E-state index in [9.17, 15) is 24.5 Å². The Morgan fingerprint density at radius 2 is 1.77 bits per heavy atom. The molecule has 0 aliphatic carbocycles.